The molecule has 1 saturated heterocycles. The van der Waals surface area contributed by atoms with Crippen molar-refractivity contribution in [1.29, 1.82) is 0 Å². The van der Waals surface area contributed by atoms with E-state index < -0.39 is 41.1 Å². The highest BCUT2D eigenvalue weighted by atomic mass is 16.5. The Kier molecular flexibility index (Phi) is 8.20. The Labute approximate surface area is 229 Å². The van der Waals surface area contributed by atoms with Gasteiger partial charge >= 0.3 is 12.1 Å². The van der Waals surface area contributed by atoms with Crippen LogP contribution in [0.1, 0.15) is 57.6 Å². The van der Waals surface area contributed by atoms with Gasteiger partial charge in [-0.15, -0.1) is 0 Å². The van der Waals surface area contributed by atoms with Gasteiger partial charge in [0, 0.05) is 12.0 Å². The van der Waals surface area contributed by atoms with Gasteiger partial charge in [-0.3, -0.25) is 4.79 Å². The molecule has 2 amide bonds. The second-order valence-corrected chi connectivity index (χ2v) is 11.4. The van der Waals surface area contributed by atoms with E-state index in [9.17, 15) is 19.5 Å². The first-order valence-corrected chi connectivity index (χ1v) is 13.3. The van der Waals surface area contributed by atoms with Crippen LogP contribution in [0.25, 0.3) is 16.8 Å². The number of aliphatic hydroxyl groups is 1. The third-order valence-corrected chi connectivity index (χ3v) is 7.49. The first kappa shape index (κ1) is 28.4. The summed E-state index contributed by atoms with van der Waals surface area (Å²) in [4.78, 5) is 40.7. The van der Waals surface area contributed by atoms with Gasteiger partial charge < -0.3 is 29.5 Å². The molecule has 2 aliphatic rings. The molecule has 2 N–H and O–H groups in total. The number of amides is 2. The van der Waals surface area contributed by atoms with Crippen molar-refractivity contribution in [2.45, 2.75) is 64.1 Å². The third-order valence-electron chi connectivity index (χ3n) is 7.49. The predicted molar refractivity (Wildman–Crippen MR) is 147 cm³/mol. The molecule has 0 radical (unpaired) electrons. The Morgan fingerprint density at radius 2 is 1.90 bits per heavy atom. The number of nitrogens with zero attached hydrogens (tertiary/aromatic N) is 1. The first-order chi connectivity index (χ1) is 18.5. The van der Waals surface area contributed by atoms with Crippen molar-refractivity contribution < 1.29 is 33.7 Å². The number of carbonyl (C=O) groups is 3. The maximum atomic E-state index is 13.9. The number of esters is 1. The second-order valence-electron chi connectivity index (χ2n) is 11.4. The molecule has 2 aromatic rings. The van der Waals surface area contributed by atoms with E-state index in [2.05, 4.69) is 11.4 Å². The molecule has 2 aromatic carbocycles. The molecule has 9 heteroatoms. The average molecular weight is 539 g/mol. The van der Waals surface area contributed by atoms with E-state index in [1.54, 1.807) is 13.2 Å². The lowest BCUT2D eigenvalue weighted by Crippen LogP contribution is -2.57. The minimum Gasteiger partial charge on any atom is -0.496 e. The zero-order valence-corrected chi connectivity index (χ0v) is 23.3. The fourth-order valence-corrected chi connectivity index (χ4v) is 5.28. The molecule has 2 heterocycles. The summed E-state index contributed by atoms with van der Waals surface area (Å²) in [5.41, 5.74) is -0.729. The summed E-state index contributed by atoms with van der Waals surface area (Å²) in [6.45, 7) is 5.54. The van der Waals surface area contributed by atoms with Gasteiger partial charge in [-0.1, -0.05) is 45.1 Å². The summed E-state index contributed by atoms with van der Waals surface area (Å²) in [7, 11) is 2.88. The molecule has 9 nitrogen and oxygen atoms in total. The number of carbonyl (C=O) groups excluding carboxylic acids is 3. The Bertz CT molecular complexity index is 1280. The number of nitrogens with one attached hydrogen (secondary N) is 1. The number of rotatable bonds is 2. The number of benzene rings is 2. The molecule has 210 valence electrons. The third kappa shape index (κ3) is 6.03. The fourth-order valence-electron chi connectivity index (χ4n) is 5.28. The average Bonchev–Trinajstić information content (AvgIpc) is 3.27. The van der Waals surface area contributed by atoms with Gasteiger partial charge in [-0.2, -0.15) is 0 Å². The van der Waals surface area contributed by atoms with Crippen molar-refractivity contribution >= 4 is 34.8 Å². The van der Waals surface area contributed by atoms with Gasteiger partial charge in [0.05, 0.1) is 27.4 Å². The maximum Gasteiger partial charge on any atom is 0.407 e. The number of allylic oxidation sites excluding steroid dienone is 1. The van der Waals surface area contributed by atoms with Gasteiger partial charge in [-0.05, 0) is 59.2 Å². The van der Waals surface area contributed by atoms with Gasteiger partial charge in [-0.25, -0.2) is 9.59 Å². The zero-order valence-electron chi connectivity index (χ0n) is 23.3. The zero-order chi connectivity index (χ0) is 28.4. The van der Waals surface area contributed by atoms with E-state index in [0.29, 0.717) is 12.0 Å². The summed E-state index contributed by atoms with van der Waals surface area (Å²) < 4.78 is 16.0. The predicted octanol–water partition coefficient (Wildman–Crippen LogP) is 4.15. The number of fused-ring (bicyclic) bond motifs is 5. The van der Waals surface area contributed by atoms with E-state index in [-0.39, 0.29) is 19.6 Å². The van der Waals surface area contributed by atoms with Crippen LogP contribution in [-0.4, -0.2) is 67.4 Å². The monoisotopic (exact) mass is 538 g/mol. The summed E-state index contributed by atoms with van der Waals surface area (Å²) in [5, 5.41) is 16.4. The first-order valence-electron chi connectivity index (χ1n) is 13.3. The molecule has 0 aliphatic carbocycles. The molecule has 0 aromatic heterocycles. The van der Waals surface area contributed by atoms with E-state index in [1.165, 1.54) is 12.0 Å². The minimum atomic E-state index is -1.51. The standard InChI is InChI=1S/C30H38N2O7/c1-29(2,3)25-26(33)32-18-30(36,17-23(32)27(34)38-5)22-12-11-19-16-24(37-4)20(14-21(19)15-22)10-8-6-7-9-13-39-28(35)31-25/h8,10-12,14-16,23,25,36H,6-7,9,13,17-18H2,1-5H3,(H,31,35)/t23-,25+,30-/m0/s1. The highest BCUT2D eigenvalue weighted by Gasteiger charge is 2.52. The molecule has 1 fully saturated rings. The number of cyclic esters (lactones) is 1. The smallest absolute Gasteiger partial charge is 0.407 e. The van der Waals surface area contributed by atoms with Crippen LogP contribution in [0.2, 0.25) is 0 Å². The summed E-state index contributed by atoms with van der Waals surface area (Å²) >= 11 is 0. The van der Waals surface area contributed by atoms with E-state index in [0.717, 1.165) is 34.9 Å². The maximum absolute atomic E-state index is 13.9. The number of hydrogen-bond donors (Lipinski definition) is 2. The molecular weight excluding hydrogens is 500 g/mol. The van der Waals surface area contributed by atoms with Crippen molar-refractivity contribution in [3.05, 3.63) is 47.5 Å². The van der Waals surface area contributed by atoms with Crippen LogP contribution >= 0.6 is 0 Å². The Balaban J connectivity index is 1.81. The fraction of sp³-hybridized carbons (Fsp3) is 0.500. The molecule has 5 bridgehead atoms. The van der Waals surface area contributed by atoms with Crippen molar-refractivity contribution in [2.75, 3.05) is 27.4 Å². The minimum absolute atomic E-state index is 0.0405. The van der Waals surface area contributed by atoms with Crippen LogP contribution in [0.3, 0.4) is 0 Å². The van der Waals surface area contributed by atoms with Crippen molar-refractivity contribution in [2.24, 2.45) is 5.41 Å². The van der Waals surface area contributed by atoms with Crippen LogP contribution in [0.4, 0.5) is 4.79 Å². The van der Waals surface area contributed by atoms with E-state index >= 15 is 0 Å². The lowest BCUT2D eigenvalue weighted by atomic mass is 9.85. The van der Waals surface area contributed by atoms with Gasteiger partial charge in [0.15, 0.2) is 0 Å². The number of alkyl carbamates (subject to hydrolysis) is 1. The van der Waals surface area contributed by atoms with Crippen molar-refractivity contribution in [3.63, 3.8) is 0 Å². The van der Waals surface area contributed by atoms with Crippen LogP contribution in [0.5, 0.6) is 5.75 Å². The topological polar surface area (TPSA) is 114 Å². The van der Waals surface area contributed by atoms with Gasteiger partial charge in [0.1, 0.15) is 23.4 Å². The quantitative estimate of drug-likeness (QED) is 0.552. The molecular formula is C30H38N2O7. The van der Waals surface area contributed by atoms with Crippen LogP contribution in [0.15, 0.2) is 36.4 Å². The SMILES string of the molecule is COC(=O)[C@@H]1C[C@]2(O)CN1C(=O)[C@H](C(C)(C)C)NC(=O)OCCCCC=Cc1cc3cc2ccc3cc1OC. The van der Waals surface area contributed by atoms with Gasteiger partial charge in [0.25, 0.3) is 0 Å². The number of hydrogen-bond acceptors (Lipinski definition) is 7. The van der Waals surface area contributed by atoms with Crippen LogP contribution in [-0.2, 0) is 24.7 Å². The number of ether oxygens (including phenoxy) is 3. The Morgan fingerprint density at radius 3 is 2.59 bits per heavy atom. The molecule has 4 rings (SSSR count). The normalized spacial score (nSPS) is 24.6. The van der Waals surface area contributed by atoms with E-state index in [4.69, 9.17) is 14.2 Å². The molecule has 0 unspecified atom stereocenters. The Hall–Kier alpha value is -3.59. The largest absolute Gasteiger partial charge is 0.496 e. The second kappa shape index (κ2) is 11.3. The lowest BCUT2D eigenvalue weighted by molar-refractivity contribution is -0.152. The van der Waals surface area contributed by atoms with E-state index in [1.807, 2.05) is 51.1 Å². The van der Waals surface area contributed by atoms with Crippen LogP contribution in [0, 0.1) is 5.41 Å². The number of methoxy groups -OCH3 is 2. The summed E-state index contributed by atoms with van der Waals surface area (Å²) in [6.07, 6.45) is 5.57. The Morgan fingerprint density at radius 1 is 1.13 bits per heavy atom. The molecule has 2 aliphatic heterocycles. The highest BCUT2D eigenvalue weighted by molar-refractivity contribution is 5.92. The molecule has 0 saturated carbocycles. The summed E-state index contributed by atoms with van der Waals surface area (Å²) in [5.74, 6) is -0.386. The lowest BCUT2D eigenvalue weighted by Gasteiger charge is -2.35. The van der Waals surface area contributed by atoms with Crippen molar-refractivity contribution in [1.82, 2.24) is 10.2 Å². The molecule has 39 heavy (non-hydrogen) atoms. The van der Waals surface area contributed by atoms with Crippen LogP contribution < -0.4 is 10.1 Å². The molecule has 3 atom stereocenters. The summed E-state index contributed by atoms with van der Waals surface area (Å²) in [6, 6.07) is 7.53. The van der Waals surface area contributed by atoms with Crippen molar-refractivity contribution in [3.8, 4) is 5.75 Å². The van der Waals surface area contributed by atoms with Gasteiger partial charge in [0.2, 0.25) is 5.91 Å². The highest BCUT2D eigenvalue weighted by Crippen LogP contribution is 2.39. The molecule has 0 spiro atoms.